The lowest BCUT2D eigenvalue weighted by Gasteiger charge is -2.30. The minimum atomic E-state index is -0.276. The van der Waals surface area contributed by atoms with Crippen molar-refractivity contribution < 1.29 is 14.4 Å². The molecule has 1 unspecified atom stereocenters. The number of carbonyl (C=O) groups is 3. The van der Waals surface area contributed by atoms with E-state index in [1.54, 1.807) is 24.3 Å². The lowest BCUT2D eigenvalue weighted by Crippen LogP contribution is -2.38. The normalized spacial score (nSPS) is 14.2. The molecule has 1 aliphatic rings. The van der Waals surface area contributed by atoms with Gasteiger partial charge in [0.15, 0.2) is 0 Å². The Morgan fingerprint density at radius 1 is 0.933 bits per heavy atom. The summed E-state index contributed by atoms with van der Waals surface area (Å²) in [6, 6.07) is 17.1. The van der Waals surface area contributed by atoms with Crippen LogP contribution in [-0.4, -0.2) is 53.7 Å². The average Bonchev–Trinajstić information content (AvgIpc) is 3.02. The van der Waals surface area contributed by atoms with Gasteiger partial charge < -0.3 is 5.32 Å². The first-order valence-electron chi connectivity index (χ1n) is 10.6. The van der Waals surface area contributed by atoms with Crippen LogP contribution in [0.3, 0.4) is 0 Å². The highest BCUT2D eigenvalue weighted by molar-refractivity contribution is 6.21. The molecule has 6 heteroatoms. The third-order valence-electron chi connectivity index (χ3n) is 5.59. The fraction of sp³-hybridized carbons (Fsp3) is 0.375. The summed E-state index contributed by atoms with van der Waals surface area (Å²) in [5.41, 5.74) is 2.06. The van der Waals surface area contributed by atoms with Crippen LogP contribution >= 0.6 is 0 Å². The van der Waals surface area contributed by atoms with Gasteiger partial charge in [-0.2, -0.15) is 0 Å². The second-order valence-corrected chi connectivity index (χ2v) is 7.36. The molecule has 0 bridgehead atoms. The van der Waals surface area contributed by atoms with Gasteiger partial charge in [-0.25, -0.2) is 0 Å². The first kappa shape index (κ1) is 21.7. The molecule has 1 N–H and O–H groups in total. The Balaban J connectivity index is 1.51. The van der Waals surface area contributed by atoms with Crippen molar-refractivity contribution in [1.82, 2.24) is 15.1 Å². The highest BCUT2D eigenvalue weighted by Crippen LogP contribution is 2.23. The Labute approximate surface area is 177 Å². The smallest absolute Gasteiger partial charge is 0.261 e. The van der Waals surface area contributed by atoms with Crippen molar-refractivity contribution in [2.75, 3.05) is 26.2 Å². The second-order valence-electron chi connectivity index (χ2n) is 7.36. The number of hydrogen-bond acceptors (Lipinski definition) is 4. The van der Waals surface area contributed by atoms with Crippen molar-refractivity contribution >= 4 is 17.7 Å². The van der Waals surface area contributed by atoms with Crippen LogP contribution < -0.4 is 5.32 Å². The minimum absolute atomic E-state index is 0.0697. The lowest BCUT2D eigenvalue weighted by atomic mass is 10.0. The van der Waals surface area contributed by atoms with E-state index in [4.69, 9.17) is 0 Å². The first-order valence-corrected chi connectivity index (χ1v) is 10.6. The van der Waals surface area contributed by atoms with Crippen molar-refractivity contribution in [3.63, 3.8) is 0 Å². The molecular formula is C24H29N3O3. The summed E-state index contributed by atoms with van der Waals surface area (Å²) < 4.78 is 0. The molecular weight excluding hydrogens is 378 g/mol. The van der Waals surface area contributed by atoms with Crippen molar-refractivity contribution in [3.8, 4) is 0 Å². The van der Waals surface area contributed by atoms with Crippen LogP contribution in [0.2, 0.25) is 0 Å². The third kappa shape index (κ3) is 4.76. The molecule has 30 heavy (non-hydrogen) atoms. The summed E-state index contributed by atoms with van der Waals surface area (Å²) in [7, 11) is 0. The quantitative estimate of drug-likeness (QED) is 0.614. The fourth-order valence-corrected chi connectivity index (χ4v) is 3.94. The number of carbonyl (C=O) groups excluding carboxylic acids is 3. The molecule has 0 saturated carbocycles. The van der Waals surface area contributed by atoms with E-state index in [9.17, 15) is 14.4 Å². The number of rotatable bonds is 10. The molecule has 158 valence electrons. The highest BCUT2D eigenvalue weighted by atomic mass is 16.2. The van der Waals surface area contributed by atoms with Gasteiger partial charge in [0.2, 0.25) is 5.91 Å². The average molecular weight is 408 g/mol. The van der Waals surface area contributed by atoms with Crippen LogP contribution in [-0.2, 0) is 4.79 Å². The van der Waals surface area contributed by atoms with E-state index in [0.29, 0.717) is 24.1 Å². The molecule has 0 fully saturated rings. The monoisotopic (exact) mass is 407 g/mol. The van der Waals surface area contributed by atoms with Gasteiger partial charge in [0.05, 0.1) is 17.2 Å². The van der Waals surface area contributed by atoms with Gasteiger partial charge in [-0.15, -0.1) is 0 Å². The number of nitrogens with zero attached hydrogens (tertiary/aromatic N) is 2. The van der Waals surface area contributed by atoms with Crippen LogP contribution in [0.5, 0.6) is 0 Å². The fourth-order valence-electron chi connectivity index (χ4n) is 3.94. The number of imide groups is 1. The molecule has 1 aliphatic heterocycles. The second kappa shape index (κ2) is 10.2. The zero-order valence-corrected chi connectivity index (χ0v) is 17.6. The molecule has 1 atom stereocenters. The SMILES string of the molecule is CCN(CC)C(CNC(=O)CCCN1C(=O)c2ccccc2C1=O)c1ccccc1. The molecule has 2 aromatic carbocycles. The van der Waals surface area contributed by atoms with E-state index in [-0.39, 0.29) is 36.7 Å². The number of amides is 3. The van der Waals surface area contributed by atoms with Gasteiger partial charge >= 0.3 is 0 Å². The standard InChI is InChI=1S/C24H29N3O3/c1-3-26(4-2)21(18-11-6-5-7-12-18)17-25-22(28)15-10-16-27-23(29)19-13-8-9-14-20(19)24(27)30/h5-9,11-14,21H,3-4,10,15-17H2,1-2H3,(H,25,28). The van der Waals surface area contributed by atoms with Crippen LogP contribution in [0.1, 0.15) is 59.0 Å². The Morgan fingerprint density at radius 2 is 1.50 bits per heavy atom. The molecule has 2 aromatic rings. The number of likely N-dealkylation sites (N-methyl/N-ethyl adjacent to an activating group) is 1. The molecule has 0 radical (unpaired) electrons. The van der Waals surface area contributed by atoms with Gasteiger partial charge in [0.1, 0.15) is 0 Å². The number of fused-ring (bicyclic) bond motifs is 1. The van der Waals surface area contributed by atoms with Crippen LogP contribution in [0.15, 0.2) is 54.6 Å². The van der Waals surface area contributed by atoms with E-state index in [1.807, 2.05) is 18.2 Å². The van der Waals surface area contributed by atoms with Gasteiger partial charge in [0, 0.05) is 19.5 Å². The van der Waals surface area contributed by atoms with Crippen molar-refractivity contribution in [1.29, 1.82) is 0 Å². The van der Waals surface area contributed by atoms with Crippen molar-refractivity contribution in [2.45, 2.75) is 32.7 Å². The zero-order chi connectivity index (χ0) is 21.5. The summed E-state index contributed by atoms with van der Waals surface area (Å²) in [4.78, 5) is 40.8. The van der Waals surface area contributed by atoms with E-state index in [0.717, 1.165) is 13.1 Å². The predicted molar refractivity (Wildman–Crippen MR) is 116 cm³/mol. The zero-order valence-electron chi connectivity index (χ0n) is 17.6. The number of hydrogen-bond donors (Lipinski definition) is 1. The molecule has 1 heterocycles. The summed E-state index contributed by atoms with van der Waals surface area (Å²) in [5.74, 6) is -0.622. The lowest BCUT2D eigenvalue weighted by molar-refractivity contribution is -0.121. The number of benzene rings is 2. The van der Waals surface area contributed by atoms with Gasteiger partial charge in [-0.1, -0.05) is 56.3 Å². The molecule has 3 amide bonds. The minimum Gasteiger partial charge on any atom is -0.354 e. The van der Waals surface area contributed by atoms with Gasteiger partial charge in [0.25, 0.3) is 11.8 Å². The Kier molecular flexibility index (Phi) is 7.36. The van der Waals surface area contributed by atoms with E-state index in [1.165, 1.54) is 10.5 Å². The molecule has 3 rings (SSSR count). The maximum atomic E-state index is 12.4. The highest BCUT2D eigenvalue weighted by Gasteiger charge is 2.34. The third-order valence-corrected chi connectivity index (χ3v) is 5.59. The number of nitrogens with one attached hydrogen (secondary N) is 1. The molecule has 0 spiro atoms. The van der Waals surface area contributed by atoms with E-state index < -0.39 is 0 Å². The van der Waals surface area contributed by atoms with E-state index >= 15 is 0 Å². The summed E-state index contributed by atoms with van der Waals surface area (Å²) in [6.45, 7) is 6.79. The van der Waals surface area contributed by atoms with Gasteiger partial charge in [-0.3, -0.25) is 24.2 Å². The van der Waals surface area contributed by atoms with Crippen LogP contribution in [0, 0.1) is 0 Å². The maximum Gasteiger partial charge on any atom is 0.261 e. The maximum absolute atomic E-state index is 12.4. The van der Waals surface area contributed by atoms with Crippen molar-refractivity contribution in [2.24, 2.45) is 0 Å². The van der Waals surface area contributed by atoms with Gasteiger partial charge in [-0.05, 0) is 37.2 Å². The Hall–Kier alpha value is -2.99. The summed E-state index contributed by atoms with van der Waals surface area (Å²) in [6.07, 6.45) is 0.714. The Bertz CT molecular complexity index is 859. The van der Waals surface area contributed by atoms with Crippen LogP contribution in [0.4, 0.5) is 0 Å². The molecule has 0 aliphatic carbocycles. The topological polar surface area (TPSA) is 69.7 Å². The first-order chi connectivity index (χ1) is 14.6. The Morgan fingerprint density at radius 3 is 2.07 bits per heavy atom. The predicted octanol–water partition coefficient (Wildman–Crippen LogP) is 3.26. The largest absolute Gasteiger partial charge is 0.354 e. The van der Waals surface area contributed by atoms with E-state index in [2.05, 4.69) is 36.2 Å². The molecule has 6 nitrogen and oxygen atoms in total. The molecule has 0 aromatic heterocycles. The van der Waals surface area contributed by atoms with Crippen LogP contribution in [0.25, 0.3) is 0 Å². The summed E-state index contributed by atoms with van der Waals surface area (Å²) in [5, 5.41) is 3.03. The van der Waals surface area contributed by atoms with Crippen molar-refractivity contribution in [3.05, 3.63) is 71.3 Å². The summed E-state index contributed by atoms with van der Waals surface area (Å²) >= 11 is 0. The molecule has 0 saturated heterocycles.